The molecule has 1 aromatic carbocycles. The summed E-state index contributed by atoms with van der Waals surface area (Å²) in [5.74, 6) is -0.999. The number of rotatable bonds is 2. The van der Waals surface area contributed by atoms with Crippen LogP contribution in [0, 0.1) is 0 Å². The van der Waals surface area contributed by atoms with Gasteiger partial charge in [-0.2, -0.15) is 0 Å². The Kier molecular flexibility index (Phi) is 4.13. The van der Waals surface area contributed by atoms with E-state index in [1.165, 1.54) is 11.0 Å². The Morgan fingerprint density at radius 2 is 2.04 bits per heavy atom. The van der Waals surface area contributed by atoms with Crippen molar-refractivity contribution in [3.63, 3.8) is 0 Å². The number of fused-ring (bicyclic) bond motifs is 1. The lowest BCUT2D eigenvalue weighted by atomic mass is 9.91. The number of alkyl halides is 3. The zero-order valence-corrected chi connectivity index (χ0v) is 15.5. The van der Waals surface area contributed by atoms with Gasteiger partial charge in [-0.05, 0) is 12.1 Å². The number of amides is 2. The molecular formula is C15H9Cl2F3N2O4S. The molecule has 2 amide bonds. The number of halogens is 5. The van der Waals surface area contributed by atoms with Crippen molar-refractivity contribution in [2.75, 3.05) is 19.7 Å². The Morgan fingerprint density at radius 1 is 1.33 bits per heavy atom. The summed E-state index contributed by atoms with van der Waals surface area (Å²) >= 11 is 13.2. The van der Waals surface area contributed by atoms with Crippen molar-refractivity contribution in [2.24, 2.45) is 0 Å². The first-order chi connectivity index (χ1) is 12.6. The number of nitrogens with zero attached hydrogens (tertiary/aromatic N) is 1. The van der Waals surface area contributed by atoms with E-state index in [0.29, 0.717) is 0 Å². The second kappa shape index (κ2) is 6.05. The average Bonchev–Trinajstić information content (AvgIpc) is 3.09. The monoisotopic (exact) mass is 440 g/mol. The number of hydrogen-bond acceptors (Lipinski definition) is 5. The maximum Gasteiger partial charge on any atom is 0.573 e. The highest BCUT2D eigenvalue weighted by Crippen LogP contribution is 2.46. The van der Waals surface area contributed by atoms with Gasteiger partial charge in [0.15, 0.2) is 0 Å². The fraction of sp³-hybridized carbons (Fsp3) is 0.333. The lowest BCUT2D eigenvalue weighted by Gasteiger charge is -2.45. The molecule has 27 heavy (non-hydrogen) atoms. The Bertz CT molecular complexity index is 972. The molecule has 0 atom stereocenters. The molecule has 0 bridgehead atoms. The topological polar surface area (TPSA) is 67.9 Å². The van der Waals surface area contributed by atoms with Crippen molar-refractivity contribution in [3.8, 4) is 5.75 Å². The minimum absolute atomic E-state index is 0.0480. The zero-order chi connectivity index (χ0) is 19.6. The van der Waals surface area contributed by atoms with Gasteiger partial charge < -0.3 is 19.7 Å². The van der Waals surface area contributed by atoms with Crippen LogP contribution in [-0.4, -0.2) is 48.5 Å². The van der Waals surface area contributed by atoms with Crippen molar-refractivity contribution in [1.29, 1.82) is 0 Å². The third kappa shape index (κ3) is 3.15. The summed E-state index contributed by atoms with van der Waals surface area (Å²) in [7, 11) is 0. The number of carbonyl (C=O) groups excluding carboxylic acids is 2. The van der Waals surface area contributed by atoms with Gasteiger partial charge in [0.2, 0.25) is 0 Å². The van der Waals surface area contributed by atoms with Crippen LogP contribution in [0.3, 0.4) is 0 Å². The standard InChI is InChI=1S/C15H9Cl2F3N2O4S/c16-6-1-2-7(26-15(18,19)20)8-9(17)11(27-10(6)8)12(23)22-3-14(4-22)5-25-13(24)21-14/h1-2H,3-5H2,(H,21,24). The Morgan fingerprint density at radius 3 is 2.63 bits per heavy atom. The molecule has 3 heterocycles. The van der Waals surface area contributed by atoms with Crippen LogP contribution in [0.1, 0.15) is 9.67 Å². The molecule has 1 spiro atoms. The number of ether oxygens (including phenoxy) is 2. The highest BCUT2D eigenvalue weighted by molar-refractivity contribution is 7.22. The quantitative estimate of drug-likeness (QED) is 0.764. The Labute approximate surface area is 163 Å². The van der Waals surface area contributed by atoms with Crippen LogP contribution in [0.15, 0.2) is 12.1 Å². The number of alkyl carbamates (subject to hydrolysis) is 1. The minimum Gasteiger partial charge on any atom is -0.447 e. The molecule has 0 saturated carbocycles. The summed E-state index contributed by atoms with van der Waals surface area (Å²) in [6.45, 7) is 0.564. The molecule has 0 aliphatic carbocycles. The van der Waals surface area contributed by atoms with Crippen LogP contribution in [0.5, 0.6) is 5.75 Å². The van der Waals surface area contributed by atoms with Crippen molar-refractivity contribution in [1.82, 2.24) is 10.2 Å². The molecule has 2 aromatic rings. The first-order valence-electron chi connectivity index (χ1n) is 7.49. The van der Waals surface area contributed by atoms with Gasteiger partial charge in [-0.3, -0.25) is 4.79 Å². The summed E-state index contributed by atoms with van der Waals surface area (Å²) in [6, 6.07) is 2.30. The molecule has 2 saturated heterocycles. The summed E-state index contributed by atoms with van der Waals surface area (Å²) in [4.78, 5) is 25.4. The fourth-order valence-corrected chi connectivity index (χ4v) is 4.88. The van der Waals surface area contributed by atoms with Gasteiger partial charge in [0.1, 0.15) is 22.8 Å². The summed E-state index contributed by atoms with van der Waals surface area (Å²) in [6.07, 6.45) is -5.47. The van der Waals surface area contributed by atoms with E-state index in [1.807, 2.05) is 0 Å². The molecule has 2 aliphatic heterocycles. The van der Waals surface area contributed by atoms with E-state index in [1.54, 1.807) is 0 Å². The molecule has 144 valence electrons. The largest absolute Gasteiger partial charge is 0.573 e. The second-order valence-corrected chi connectivity index (χ2v) is 7.99. The maximum atomic E-state index is 12.7. The average molecular weight is 441 g/mol. The zero-order valence-electron chi connectivity index (χ0n) is 13.2. The van der Waals surface area contributed by atoms with E-state index in [4.69, 9.17) is 27.9 Å². The molecule has 4 rings (SSSR count). The smallest absolute Gasteiger partial charge is 0.447 e. The first-order valence-corrected chi connectivity index (χ1v) is 9.06. The second-order valence-electron chi connectivity index (χ2n) is 6.19. The van der Waals surface area contributed by atoms with Gasteiger partial charge in [0.05, 0.1) is 20.1 Å². The van der Waals surface area contributed by atoms with Gasteiger partial charge >= 0.3 is 12.5 Å². The van der Waals surface area contributed by atoms with Gasteiger partial charge in [0, 0.05) is 13.1 Å². The number of nitrogens with one attached hydrogen (secondary N) is 1. The SMILES string of the molecule is O=C1NC2(CO1)CN(C(=O)c1sc3c(Cl)ccc(OC(F)(F)F)c3c1Cl)C2. The molecule has 2 aliphatic rings. The van der Waals surface area contributed by atoms with E-state index in [2.05, 4.69) is 10.1 Å². The van der Waals surface area contributed by atoms with Crippen molar-refractivity contribution < 1.29 is 32.2 Å². The number of hydrogen-bond donors (Lipinski definition) is 1. The molecule has 1 N–H and O–H groups in total. The molecule has 12 heteroatoms. The fourth-order valence-electron chi connectivity index (χ4n) is 3.09. The Hall–Kier alpha value is -1.91. The minimum atomic E-state index is -4.92. The predicted molar refractivity (Wildman–Crippen MR) is 91.6 cm³/mol. The van der Waals surface area contributed by atoms with Crippen LogP contribution in [0.4, 0.5) is 18.0 Å². The lowest BCUT2D eigenvalue weighted by molar-refractivity contribution is -0.274. The predicted octanol–water partition coefficient (Wildman–Crippen LogP) is 4.04. The molecule has 6 nitrogen and oxygen atoms in total. The number of likely N-dealkylation sites (tertiary alicyclic amines) is 1. The molecule has 1 aromatic heterocycles. The third-order valence-corrected chi connectivity index (χ3v) is 6.36. The van der Waals surface area contributed by atoms with Crippen molar-refractivity contribution in [2.45, 2.75) is 11.9 Å². The summed E-state index contributed by atoms with van der Waals surface area (Å²) in [5, 5.41) is 2.57. The van der Waals surface area contributed by atoms with E-state index < -0.39 is 29.7 Å². The molecule has 0 radical (unpaired) electrons. The molecule has 0 unspecified atom stereocenters. The van der Waals surface area contributed by atoms with E-state index >= 15 is 0 Å². The summed E-state index contributed by atoms with van der Waals surface area (Å²) < 4.78 is 47.0. The Balaban J connectivity index is 1.66. The lowest BCUT2D eigenvalue weighted by Crippen LogP contribution is -2.69. The van der Waals surface area contributed by atoms with Crippen LogP contribution in [0.25, 0.3) is 10.1 Å². The summed E-state index contributed by atoms with van der Waals surface area (Å²) in [5.41, 5.74) is -0.627. The van der Waals surface area contributed by atoms with Crippen LogP contribution >= 0.6 is 34.5 Å². The number of cyclic esters (lactones) is 1. The number of carbonyl (C=O) groups is 2. The first kappa shape index (κ1) is 18.5. The van der Waals surface area contributed by atoms with Crippen LogP contribution in [0.2, 0.25) is 10.0 Å². The van der Waals surface area contributed by atoms with Gasteiger partial charge in [0.25, 0.3) is 5.91 Å². The molecule has 2 fully saturated rings. The third-order valence-electron chi connectivity index (χ3n) is 4.24. The van der Waals surface area contributed by atoms with Crippen molar-refractivity contribution in [3.05, 3.63) is 27.1 Å². The van der Waals surface area contributed by atoms with Crippen molar-refractivity contribution >= 4 is 56.6 Å². The van der Waals surface area contributed by atoms with Gasteiger partial charge in [-0.1, -0.05) is 23.2 Å². The highest BCUT2D eigenvalue weighted by atomic mass is 35.5. The normalized spacial score (nSPS) is 18.4. The van der Waals surface area contributed by atoms with Crippen LogP contribution < -0.4 is 10.1 Å². The van der Waals surface area contributed by atoms with Crippen LogP contribution in [-0.2, 0) is 4.74 Å². The maximum absolute atomic E-state index is 12.7. The van der Waals surface area contributed by atoms with Gasteiger partial charge in [-0.25, -0.2) is 4.79 Å². The van der Waals surface area contributed by atoms with E-state index in [-0.39, 0.29) is 44.7 Å². The number of benzene rings is 1. The molecular weight excluding hydrogens is 432 g/mol. The number of thiophene rings is 1. The highest BCUT2D eigenvalue weighted by Gasteiger charge is 2.51. The van der Waals surface area contributed by atoms with E-state index in [0.717, 1.165) is 17.4 Å². The van der Waals surface area contributed by atoms with E-state index in [9.17, 15) is 22.8 Å². The van der Waals surface area contributed by atoms with Gasteiger partial charge in [-0.15, -0.1) is 24.5 Å².